The van der Waals surface area contributed by atoms with Crippen LogP contribution in [0.25, 0.3) is 0 Å². The first-order chi connectivity index (χ1) is 13.3. The molecule has 3 rings (SSSR count). The summed E-state index contributed by atoms with van der Waals surface area (Å²) >= 11 is 1.25. The van der Waals surface area contributed by atoms with Gasteiger partial charge in [-0.25, -0.2) is 8.42 Å². The monoisotopic (exact) mass is 421 g/mol. The largest absolute Gasteiger partial charge is 0.351 e. The molecule has 0 bridgehead atoms. The Hall–Kier alpha value is -1.74. The van der Waals surface area contributed by atoms with Crippen LogP contribution >= 0.6 is 11.3 Å². The maximum absolute atomic E-state index is 13.0. The number of benzene rings is 1. The standard InChI is InChI=1S/C20H27N3O3S2/c1-15-10-11-19(27-15)28(25,26)23-12-6-9-18(23)20(24)21-13-16-7-4-5-8-17(16)14-22(2)3/h4-5,7-8,10-11,18H,6,9,12-14H2,1-3H3,(H,21,24)/t18-/m1/s1. The van der Waals surface area contributed by atoms with Crippen LogP contribution in [0.3, 0.4) is 0 Å². The van der Waals surface area contributed by atoms with Gasteiger partial charge in [-0.1, -0.05) is 24.3 Å². The van der Waals surface area contributed by atoms with Gasteiger partial charge in [0.2, 0.25) is 5.91 Å². The average molecular weight is 422 g/mol. The van der Waals surface area contributed by atoms with Crippen LogP contribution in [0.4, 0.5) is 0 Å². The van der Waals surface area contributed by atoms with Gasteiger partial charge >= 0.3 is 0 Å². The van der Waals surface area contributed by atoms with E-state index < -0.39 is 16.1 Å². The van der Waals surface area contributed by atoms with Crippen molar-refractivity contribution in [2.45, 2.75) is 43.1 Å². The van der Waals surface area contributed by atoms with Gasteiger partial charge in [0.25, 0.3) is 10.0 Å². The van der Waals surface area contributed by atoms with Crippen LogP contribution in [0.2, 0.25) is 0 Å². The van der Waals surface area contributed by atoms with Crippen molar-refractivity contribution in [1.82, 2.24) is 14.5 Å². The van der Waals surface area contributed by atoms with E-state index in [1.807, 2.05) is 45.3 Å². The summed E-state index contributed by atoms with van der Waals surface area (Å²) in [6.45, 7) is 3.44. The Labute approximate surface area is 171 Å². The number of hydrogen-bond donors (Lipinski definition) is 1. The second kappa shape index (κ2) is 8.73. The highest BCUT2D eigenvalue weighted by Gasteiger charge is 2.39. The van der Waals surface area contributed by atoms with E-state index in [1.165, 1.54) is 15.6 Å². The highest BCUT2D eigenvalue weighted by Crippen LogP contribution is 2.30. The molecule has 0 unspecified atom stereocenters. The molecule has 1 amide bonds. The molecule has 1 aliphatic rings. The van der Waals surface area contributed by atoms with E-state index in [0.29, 0.717) is 30.1 Å². The number of carbonyl (C=O) groups excluding carboxylic acids is 1. The smallest absolute Gasteiger partial charge is 0.253 e. The van der Waals surface area contributed by atoms with Gasteiger partial charge in [0.1, 0.15) is 10.3 Å². The Kier molecular flexibility index (Phi) is 6.54. The van der Waals surface area contributed by atoms with Crippen molar-refractivity contribution < 1.29 is 13.2 Å². The molecule has 0 radical (unpaired) electrons. The zero-order valence-electron chi connectivity index (χ0n) is 16.5. The van der Waals surface area contributed by atoms with E-state index in [9.17, 15) is 13.2 Å². The molecule has 1 saturated heterocycles. The summed E-state index contributed by atoms with van der Waals surface area (Å²) in [4.78, 5) is 15.8. The predicted molar refractivity (Wildman–Crippen MR) is 112 cm³/mol. The lowest BCUT2D eigenvalue weighted by molar-refractivity contribution is -0.124. The first kappa shape index (κ1) is 21.0. The molecule has 1 aliphatic heterocycles. The molecule has 1 aromatic heterocycles. The number of nitrogens with one attached hydrogen (secondary N) is 1. The van der Waals surface area contributed by atoms with Crippen LogP contribution in [0.5, 0.6) is 0 Å². The summed E-state index contributed by atoms with van der Waals surface area (Å²) in [5, 5.41) is 2.95. The molecular formula is C20H27N3O3S2. The molecule has 1 atom stereocenters. The van der Waals surface area contributed by atoms with E-state index in [4.69, 9.17) is 0 Å². The summed E-state index contributed by atoms with van der Waals surface area (Å²) < 4.78 is 27.6. The van der Waals surface area contributed by atoms with Gasteiger partial charge in [0, 0.05) is 24.5 Å². The van der Waals surface area contributed by atoms with Crippen molar-refractivity contribution in [3.8, 4) is 0 Å². The van der Waals surface area contributed by atoms with Gasteiger partial charge < -0.3 is 10.2 Å². The van der Waals surface area contributed by atoms with Crippen molar-refractivity contribution in [2.24, 2.45) is 0 Å². The van der Waals surface area contributed by atoms with E-state index in [-0.39, 0.29) is 5.91 Å². The second-order valence-electron chi connectivity index (χ2n) is 7.36. The Bertz CT molecular complexity index is 938. The maximum Gasteiger partial charge on any atom is 0.253 e. The number of sulfonamides is 1. The summed E-state index contributed by atoms with van der Waals surface area (Å²) in [5.74, 6) is -0.228. The predicted octanol–water partition coefficient (Wildman–Crippen LogP) is 2.59. The number of nitrogens with zero attached hydrogens (tertiary/aromatic N) is 2. The fourth-order valence-corrected chi connectivity index (χ4v) is 6.55. The van der Waals surface area contributed by atoms with Gasteiger partial charge in [-0.05, 0) is 57.1 Å². The fraction of sp³-hybridized carbons (Fsp3) is 0.450. The molecule has 1 aromatic carbocycles. The van der Waals surface area contributed by atoms with E-state index in [2.05, 4.69) is 10.2 Å². The van der Waals surface area contributed by atoms with E-state index in [1.54, 1.807) is 12.1 Å². The Balaban J connectivity index is 1.71. The number of rotatable bonds is 7. The first-order valence-corrected chi connectivity index (χ1v) is 11.6. The Morgan fingerprint density at radius 2 is 1.93 bits per heavy atom. The first-order valence-electron chi connectivity index (χ1n) is 9.36. The lowest BCUT2D eigenvalue weighted by atomic mass is 10.1. The number of aryl methyl sites for hydroxylation is 1. The SMILES string of the molecule is Cc1ccc(S(=O)(=O)N2CCC[C@@H]2C(=O)NCc2ccccc2CN(C)C)s1. The maximum atomic E-state index is 13.0. The minimum Gasteiger partial charge on any atom is -0.351 e. The van der Waals surface area contributed by atoms with Crippen LogP contribution in [0.1, 0.15) is 28.8 Å². The van der Waals surface area contributed by atoms with Crippen molar-refractivity contribution in [3.63, 3.8) is 0 Å². The molecule has 8 heteroatoms. The molecule has 6 nitrogen and oxygen atoms in total. The highest BCUT2D eigenvalue weighted by molar-refractivity contribution is 7.91. The molecule has 2 aromatic rings. The highest BCUT2D eigenvalue weighted by atomic mass is 32.2. The van der Waals surface area contributed by atoms with E-state index >= 15 is 0 Å². The molecule has 28 heavy (non-hydrogen) atoms. The normalized spacial score (nSPS) is 17.9. The van der Waals surface area contributed by atoms with Crippen molar-refractivity contribution >= 4 is 27.3 Å². The Morgan fingerprint density at radius 3 is 2.57 bits per heavy atom. The van der Waals surface area contributed by atoms with Gasteiger partial charge in [-0.2, -0.15) is 4.31 Å². The molecule has 1 N–H and O–H groups in total. The summed E-state index contributed by atoms with van der Waals surface area (Å²) in [6, 6.07) is 10.8. The molecule has 0 aliphatic carbocycles. The topological polar surface area (TPSA) is 69.7 Å². The van der Waals surface area contributed by atoms with Gasteiger partial charge in [0.05, 0.1) is 0 Å². The molecule has 2 heterocycles. The summed E-state index contributed by atoms with van der Waals surface area (Å²) in [6.07, 6.45) is 1.24. The van der Waals surface area contributed by atoms with Crippen LogP contribution in [0.15, 0.2) is 40.6 Å². The van der Waals surface area contributed by atoms with Crippen LogP contribution in [-0.4, -0.2) is 50.2 Å². The van der Waals surface area contributed by atoms with Crippen LogP contribution in [0, 0.1) is 6.92 Å². The lowest BCUT2D eigenvalue weighted by Gasteiger charge is -2.23. The zero-order valence-corrected chi connectivity index (χ0v) is 18.1. The summed E-state index contributed by atoms with van der Waals surface area (Å²) in [7, 11) is 0.371. The minimum atomic E-state index is -3.63. The lowest BCUT2D eigenvalue weighted by Crippen LogP contribution is -2.45. The average Bonchev–Trinajstić information content (AvgIpc) is 3.30. The van der Waals surface area contributed by atoms with Crippen molar-refractivity contribution in [1.29, 1.82) is 0 Å². The van der Waals surface area contributed by atoms with Crippen molar-refractivity contribution in [2.75, 3.05) is 20.6 Å². The minimum absolute atomic E-state index is 0.228. The summed E-state index contributed by atoms with van der Waals surface area (Å²) in [5.41, 5.74) is 2.20. The van der Waals surface area contributed by atoms with Gasteiger partial charge in [0.15, 0.2) is 0 Å². The van der Waals surface area contributed by atoms with Crippen molar-refractivity contribution in [3.05, 3.63) is 52.4 Å². The van der Waals surface area contributed by atoms with Gasteiger partial charge in [-0.3, -0.25) is 4.79 Å². The molecular weight excluding hydrogens is 394 g/mol. The van der Waals surface area contributed by atoms with E-state index in [0.717, 1.165) is 22.5 Å². The number of thiophene rings is 1. The van der Waals surface area contributed by atoms with Crippen LogP contribution in [-0.2, 0) is 27.9 Å². The molecule has 0 saturated carbocycles. The quantitative estimate of drug-likeness (QED) is 0.746. The van der Waals surface area contributed by atoms with Gasteiger partial charge in [-0.15, -0.1) is 11.3 Å². The molecule has 1 fully saturated rings. The number of amides is 1. The Morgan fingerprint density at radius 1 is 1.21 bits per heavy atom. The fourth-order valence-electron chi connectivity index (χ4n) is 3.48. The number of hydrogen-bond acceptors (Lipinski definition) is 5. The van der Waals surface area contributed by atoms with Crippen LogP contribution < -0.4 is 5.32 Å². The second-order valence-corrected chi connectivity index (χ2v) is 10.8. The third kappa shape index (κ3) is 4.63. The molecule has 0 spiro atoms. The molecule has 152 valence electrons. The number of carbonyl (C=O) groups is 1. The third-order valence-corrected chi connectivity index (χ3v) is 8.22. The third-order valence-electron chi connectivity index (χ3n) is 4.84. The zero-order chi connectivity index (χ0) is 20.3.